The highest BCUT2D eigenvalue weighted by atomic mass is 79.9. The van der Waals surface area contributed by atoms with E-state index in [0.29, 0.717) is 10.4 Å². The summed E-state index contributed by atoms with van der Waals surface area (Å²) in [7, 11) is 0. The van der Waals surface area contributed by atoms with Gasteiger partial charge >= 0.3 is 0 Å². The van der Waals surface area contributed by atoms with Gasteiger partial charge in [-0.05, 0) is 59.3 Å². The minimum absolute atomic E-state index is 0.214. The van der Waals surface area contributed by atoms with Crippen LogP contribution in [0.15, 0.2) is 16.6 Å². The molecule has 2 rings (SSSR count). The third kappa shape index (κ3) is 3.42. The maximum atomic E-state index is 13.3. The second kappa shape index (κ2) is 5.83. The van der Waals surface area contributed by atoms with Gasteiger partial charge in [0, 0.05) is 18.8 Å². The first-order chi connectivity index (χ1) is 8.16. The van der Waals surface area contributed by atoms with Crippen LogP contribution in [0.3, 0.4) is 0 Å². The number of nitrogens with one attached hydrogen (secondary N) is 1. The number of halogens is 2. The van der Waals surface area contributed by atoms with E-state index in [-0.39, 0.29) is 5.82 Å². The Hall–Kier alpha value is -0.610. The quantitative estimate of drug-likeness (QED) is 0.918. The van der Waals surface area contributed by atoms with Crippen molar-refractivity contribution in [2.45, 2.75) is 19.8 Å². The van der Waals surface area contributed by atoms with Crippen molar-refractivity contribution >= 4 is 21.6 Å². The third-order valence-electron chi connectivity index (χ3n) is 3.10. The van der Waals surface area contributed by atoms with Crippen LogP contribution in [0.2, 0.25) is 0 Å². The van der Waals surface area contributed by atoms with Gasteiger partial charge in [0.25, 0.3) is 0 Å². The van der Waals surface area contributed by atoms with Gasteiger partial charge in [-0.25, -0.2) is 4.39 Å². The van der Waals surface area contributed by atoms with Crippen LogP contribution in [0.4, 0.5) is 10.1 Å². The lowest BCUT2D eigenvalue weighted by atomic mass is 10.0. The molecule has 1 aliphatic heterocycles. The van der Waals surface area contributed by atoms with Gasteiger partial charge in [-0.15, -0.1) is 0 Å². The smallest absolute Gasteiger partial charge is 0.137 e. The molecule has 0 radical (unpaired) electrons. The molecule has 1 aliphatic rings. The second-order valence-corrected chi connectivity index (χ2v) is 5.40. The van der Waals surface area contributed by atoms with Crippen molar-refractivity contribution in [1.82, 2.24) is 0 Å². The summed E-state index contributed by atoms with van der Waals surface area (Å²) in [4.78, 5) is 0. The zero-order valence-electron chi connectivity index (χ0n) is 9.93. The van der Waals surface area contributed by atoms with Crippen LogP contribution in [0.5, 0.6) is 0 Å². The summed E-state index contributed by atoms with van der Waals surface area (Å²) in [5.41, 5.74) is 1.92. The lowest BCUT2D eigenvalue weighted by Crippen LogP contribution is -2.24. The highest BCUT2D eigenvalue weighted by Gasteiger charge is 2.14. The molecular weight excluding hydrogens is 285 g/mol. The van der Waals surface area contributed by atoms with E-state index in [2.05, 4.69) is 21.2 Å². The van der Waals surface area contributed by atoms with Crippen LogP contribution >= 0.6 is 15.9 Å². The van der Waals surface area contributed by atoms with Crippen LogP contribution in [0.25, 0.3) is 0 Å². The lowest BCUT2D eigenvalue weighted by molar-refractivity contribution is 0.0595. The summed E-state index contributed by atoms with van der Waals surface area (Å²) in [6, 6.07) is 3.35. The number of benzene rings is 1. The fourth-order valence-electron chi connectivity index (χ4n) is 2.06. The van der Waals surface area contributed by atoms with Crippen LogP contribution in [0, 0.1) is 18.7 Å². The monoisotopic (exact) mass is 301 g/mol. The molecule has 1 aromatic rings. The molecule has 0 spiro atoms. The first kappa shape index (κ1) is 12.8. The van der Waals surface area contributed by atoms with E-state index in [4.69, 9.17) is 4.74 Å². The summed E-state index contributed by atoms with van der Waals surface area (Å²) >= 11 is 3.21. The van der Waals surface area contributed by atoms with E-state index < -0.39 is 0 Å². The van der Waals surface area contributed by atoms with Crippen molar-refractivity contribution in [3.63, 3.8) is 0 Å². The normalized spacial score (nSPS) is 20.3. The lowest BCUT2D eigenvalue weighted by Gasteiger charge is -2.23. The van der Waals surface area contributed by atoms with Crippen molar-refractivity contribution in [3.8, 4) is 0 Å². The molecule has 0 amide bonds. The predicted octanol–water partition coefficient (Wildman–Crippen LogP) is 3.74. The van der Waals surface area contributed by atoms with Gasteiger partial charge in [0.2, 0.25) is 0 Å². The Kier molecular flexibility index (Phi) is 4.40. The summed E-state index contributed by atoms with van der Waals surface area (Å²) in [6.07, 6.45) is 2.34. The molecular formula is C13H17BrFNO. The van der Waals surface area contributed by atoms with E-state index in [0.717, 1.165) is 37.4 Å². The van der Waals surface area contributed by atoms with Gasteiger partial charge < -0.3 is 10.1 Å². The van der Waals surface area contributed by atoms with Crippen molar-refractivity contribution in [1.29, 1.82) is 0 Å². The van der Waals surface area contributed by atoms with Gasteiger partial charge in [0.05, 0.1) is 11.1 Å². The largest absolute Gasteiger partial charge is 0.384 e. The Bertz CT molecular complexity index is 391. The molecule has 1 saturated heterocycles. The number of aryl methyl sites for hydroxylation is 1. The molecule has 17 heavy (non-hydrogen) atoms. The molecule has 1 atom stereocenters. The van der Waals surface area contributed by atoms with Crippen LogP contribution in [0.1, 0.15) is 18.4 Å². The molecule has 0 aromatic heterocycles. The van der Waals surface area contributed by atoms with Crippen molar-refractivity contribution in [2.24, 2.45) is 5.92 Å². The summed E-state index contributed by atoms with van der Waals surface area (Å²) in [6.45, 7) is 4.51. The van der Waals surface area contributed by atoms with E-state index in [1.807, 2.05) is 6.92 Å². The number of hydrogen-bond acceptors (Lipinski definition) is 2. The Labute approximate surface area is 110 Å². The molecule has 0 aliphatic carbocycles. The van der Waals surface area contributed by atoms with Gasteiger partial charge in [-0.2, -0.15) is 0 Å². The van der Waals surface area contributed by atoms with Gasteiger partial charge in [-0.3, -0.25) is 0 Å². The Morgan fingerprint density at radius 3 is 3.06 bits per heavy atom. The second-order valence-electron chi connectivity index (χ2n) is 4.55. The maximum Gasteiger partial charge on any atom is 0.137 e. The predicted molar refractivity (Wildman–Crippen MR) is 70.9 cm³/mol. The molecule has 1 N–H and O–H groups in total. The van der Waals surface area contributed by atoms with Crippen LogP contribution in [-0.4, -0.2) is 19.8 Å². The number of anilines is 1. The highest BCUT2D eigenvalue weighted by molar-refractivity contribution is 9.10. The average molecular weight is 302 g/mol. The zero-order valence-corrected chi connectivity index (χ0v) is 11.5. The maximum absolute atomic E-state index is 13.3. The van der Waals surface area contributed by atoms with Crippen LogP contribution in [-0.2, 0) is 4.74 Å². The molecule has 94 valence electrons. The Balaban J connectivity index is 1.96. The molecule has 1 heterocycles. The average Bonchev–Trinajstić information content (AvgIpc) is 2.33. The number of rotatable bonds is 3. The van der Waals surface area contributed by atoms with E-state index >= 15 is 0 Å². The summed E-state index contributed by atoms with van der Waals surface area (Å²) in [5.74, 6) is 0.348. The molecule has 2 nitrogen and oxygen atoms in total. The van der Waals surface area contributed by atoms with Gasteiger partial charge in [0.1, 0.15) is 5.82 Å². The first-order valence-electron chi connectivity index (χ1n) is 5.94. The molecule has 0 saturated carbocycles. The molecule has 1 aromatic carbocycles. The zero-order chi connectivity index (χ0) is 12.3. The SMILES string of the molecule is Cc1cc(F)c(Br)cc1NCC1CCCOC1. The molecule has 1 unspecified atom stereocenters. The summed E-state index contributed by atoms with van der Waals surface area (Å²) < 4.78 is 19.2. The number of ether oxygens (including phenoxy) is 1. The topological polar surface area (TPSA) is 21.3 Å². The van der Waals surface area contributed by atoms with Crippen molar-refractivity contribution in [3.05, 3.63) is 28.0 Å². The van der Waals surface area contributed by atoms with Gasteiger partial charge in [-0.1, -0.05) is 0 Å². The molecule has 0 bridgehead atoms. The highest BCUT2D eigenvalue weighted by Crippen LogP contribution is 2.25. The third-order valence-corrected chi connectivity index (χ3v) is 3.71. The minimum Gasteiger partial charge on any atom is -0.384 e. The van der Waals surface area contributed by atoms with E-state index in [1.54, 1.807) is 12.1 Å². The molecule has 1 fully saturated rings. The number of hydrogen-bond donors (Lipinski definition) is 1. The Morgan fingerprint density at radius 2 is 2.35 bits per heavy atom. The van der Waals surface area contributed by atoms with Crippen LogP contribution < -0.4 is 5.32 Å². The minimum atomic E-state index is -0.214. The fourth-order valence-corrected chi connectivity index (χ4v) is 2.40. The Morgan fingerprint density at radius 1 is 1.53 bits per heavy atom. The fraction of sp³-hybridized carbons (Fsp3) is 0.538. The van der Waals surface area contributed by atoms with Crippen molar-refractivity contribution < 1.29 is 9.13 Å². The summed E-state index contributed by atoms with van der Waals surface area (Å²) in [5, 5.41) is 3.37. The molecule has 4 heteroatoms. The van der Waals surface area contributed by atoms with E-state index in [1.165, 1.54) is 6.42 Å². The van der Waals surface area contributed by atoms with E-state index in [9.17, 15) is 4.39 Å². The van der Waals surface area contributed by atoms with Gasteiger partial charge in [0.15, 0.2) is 0 Å². The standard InChI is InChI=1S/C13H17BrFNO/c1-9-5-12(15)11(14)6-13(9)16-7-10-3-2-4-17-8-10/h5-6,10,16H,2-4,7-8H2,1H3. The van der Waals surface area contributed by atoms with Crippen molar-refractivity contribution in [2.75, 3.05) is 25.1 Å². The first-order valence-corrected chi connectivity index (χ1v) is 6.73.